The van der Waals surface area contributed by atoms with Crippen molar-refractivity contribution in [3.05, 3.63) is 52.0 Å². The fraction of sp³-hybridized carbons (Fsp3) is 0.0714. The molecule has 3 rings (SSSR count). The number of halogens is 2. The molecule has 1 N–H and O–H groups in total. The molecule has 4 heteroatoms. The molecule has 0 amide bonds. The molecule has 90 valence electrons. The molecule has 0 saturated heterocycles. The van der Waals surface area contributed by atoms with Gasteiger partial charge in [0.15, 0.2) is 0 Å². The highest BCUT2D eigenvalue weighted by Gasteiger charge is 2.11. The van der Waals surface area contributed by atoms with Crippen molar-refractivity contribution < 1.29 is 0 Å². The Morgan fingerprint density at radius 3 is 2.44 bits per heavy atom. The standard InChI is InChI=1S/C14H10Cl2N2/c1-8-4-2-3-5-9(8)14-17-12-10(15)6-7-11(16)13(12)18-14/h2-7H,1H3,(H,17,18). The molecule has 2 aromatic carbocycles. The van der Waals surface area contributed by atoms with Crippen LogP contribution in [0.2, 0.25) is 10.0 Å². The molecule has 0 bridgehead atoms. The lowest BCUT2D eigenvalue weighted by molar-refractivity contribution is 1.31. The van der Waals surface area contributed by atoms with E-state index in [9.17, 15) is 0 Å². The summed E-state index contributed by atoms with van der Waals surface area (Å²) in [4.78, 5) is 7.77. The monoisotopic (exact) mass is 276 g/mol. The molecule has 2 nitrogen and oxygen atoms in total. The van der Waals surface area contributed by atoms with Gasteiger partial charge in [-0.15, -0.1) is 0 Å². The van der Waals surface area contributed by atoms with Crippen LogP contribution in [0.5, 0.6) is 0 Å². The van der Waals surface area contributed by atoms with Gasteiger partial charge in [0.05, 0.1) is 15.6 Å². The van der Waals surface area contributed by atoms with Gasteiger partial charge in [0.1, 0.15) is 11.3 Å². The second kappa shape index (κ2) is 4.30. The van der Waals surface area contributed by atoms with E-state index in [2.05, 4.69) is 9.97 Å². The van der Waals surface area contributed by atoms with Crippen LogP contribution in [0.4, 0.5) is 0 Å². The highest BCUT2D eigenvalue weighted by molar-refractivity contribution is 6.39. The fourth-order valence-electron chi connectivity index (χ4n) is 1.99. The Bertz CT molecular complexity index is 693. The van der Waals surface area contributed by atoms with Crippen molar-refractivity contribution in [2.75, 3.05) is 0 Å². The first-order valence-electron chi connectivity index (χ1n) is 5.56. The Morgan fingerprint density at radius 1 is 1.00 bits per heavy atom. The van der Waals surface area contributed by atoms with Crippen LogP contribution < -0.4 is 0 Å². The number of aryl methyl sites for hydroxylation is 1. The maximum absolute atomic E-state index is 6.14. The number of aromatic nitrogens is 2. The Hall–Kier alpha value is -1.51. The molecule has 3 aromatic rings. The summed E-state index contributed by atoms with van der Waals surface area (Å²) in [6.45, 7) is 2.05. The minimum Gasteiger partial charge on any atom is -0.337 e. The van der Waals surface area contributed by atoms with E-state index < -0.39 is 0 Å². The fourth-order valence-corrected chi connectivity index (χ4v) is 2.39. The zero-order valence-electron chi connectivity index (χ0n) is 9.67. The van der Waals surface area contributed by atoms with Crippen molar-refractivity contribution in [3.63, 3.8) is 0 Å². The molecule has 0 aliphatic rings. The van der Waals surface area contributed by atoms with Gasteiger partial charge in [0.25, 0.3) is 0 Å². The molecule has 0 unspecified atom stereocenters. The topological polar surface area (TPSA) is 28.7 Å². The van der Waals surface area contributed by atoms with Crippen molar-refractivity contribution in [3.8, 4) is 11.4 Å². The molecule has 0 aliphatic carbocycles. The van der Waals surface area contributed by atoms with E-state index in [0.29, 0.717) is 15.6 Å². The summed E-state index contributed by atoms with van der Waals surface area (Å²) in [6, 6.07) is 11.6. The maximum Gasteiger partial charge on any atom is 0.138 e. The van der Waals surface area contributed by atoms with Gasteiger partial charge < -0.3 is 4.98 Å². The summed E-state index contributed by atoms with van der Waals surface area (Å²) in [7, 11) is 0. The molecule has 18 heavy (non-hydrogen) atoms. The lowest BCUT2D eigenvalue weighted by Gasteiger charge is -2.00. The average Bonchev–Trinajstić information content (AvgIpc) is 2.80. The number of hydrogen-bond acceptors (Lipinski definition) is 1. The largest absolute Gasteiger partial charge is 0.337 e. The van der Waals surface area contributed by atoms with Crippen LogP contribution in [0.3, 0.4) is 0 Å². The number of hydrogen-bond donors (Lipinski definition) is 1. The molecular formula is C14H10Cl2N2. The quantitative estimate of drug-likeness (QED) is 0.677. The first-order valence-corrected chi connectivity index (χ1v) is 6.32. The summed E-state index contributed by atoms with van der Waals surface area (Å²) >= 11 is 12.3. The van der Waals surface area contributed by atoms with Gasteiger partial charge in [0.2, 0.25) is 0 Å². The van der Waals surface area contributed by atoms with Gasteiger partial charge in [-0.05, 0) is 24.6 Å². The van der Waals surface area contributed by atoms with Crippen LogP contribution in [-0.4, -0.2) is 9.97 Å². The number of nitrogens with one attached hydrogen (secondary N) is 1. The van der Waals surface area contributed by atoms with Gasteiger partial charge in [-0.3, -0.25) is 0 Å². The lowest BCUT2D eigenvalue weighted by atomic mass is 10.1. The number of imidazole rings is 1. The molecule has 1 aromatic heterocycles. The van der Waals surface area contributed by atoms with Gasteiger partial charge in [-0.2, -0.15) is 0 Å². The minimum atomic E-state index is 0.602. The highest BCUT2D eigenvalue weighted by Crippen LogP contribution is 2.31. The van der Waals surface area contributed by atoms with Crippen LogP contribution in [0.25, 0.3) is 22.4 Å². The summed E-state index contributed by atoms with van der Waals surface area (Å²) in [5.74, 6) is 0.790. The number of fused-ring (bicyclic) bond motifs is 1. The zero-order valence-corrected chi connectivity index (χ0v) is 11.2. The molecule has 1 heterocycles. The molecule has 0 fully saturated rings. The van der Waals surface area contributed by atoms with Gasteiger partial charge in [0, 0.05) is 5.56 Å². The third-order valence-electron chi connectivity index (χ3n) is 2.95. The maximum atomic E-state index is 6.14. The van der Waals surface area contributed by atoms with Gasteiger partial charge in [-0.25, -0.2) is 4.98 Å². The van der Waals surface area contributed by atoms with Crippen molar-refractivity contribution in [1.29, 1.82) is 0 Å². The Labute approximate surface area is 115 Å². The second-order valence-electron chi connectivity index (χ2n) is 4.15. The summed E-state index contributed by atoms with van der Waals surface area (Å²) in [5.41, 5.74) is 3.70. The summed E-state index contributed by atoms with van der Waals surface area (Å²) < 4.78 is 0. The Morgan fingerprint density at radius 2 is 1.72 bits per heavy atom. The highest BCUT2D eigenvalue weighted by atomic mass is 35.5. The van der Waals surface area contributed by atoms with Crippen molar-refractivity contribution in [2.45, 2.75) is 6.92 Å². The van der Waals surface area contributed by atoms with E-state index in [-0.39, 0.29) is 0 Å². The number of aromatic amines is 1. The Kier molecular flexibility index (Phi) is 2.77. The Balaban J connectivity index is 2.29. The zero-order chi connectivity index (χ0) is 12.7. The summed E-state index contributed by atoms with van der Waals surface area (Å²) in [6.07, 6.45) is 0. The van der Waals surface area contributed by atoms with Crippen LogP contribution in [0, 0.1) is 6.92 Å². The first kappa shape index (κ1) is 11.6. The van der Waals surface area contributed by atoms with Crippen molar-refractivity contribution in [2.24, 2.45) is 0 Å². The minimum absolute atomic E-state index is 0.602. The third kappa shape index (κ3) is 1.78. The molecule has 0 radical (unpaired) electrons. The molecule has 0 aliphatic heterocycles. The van der Waals surface area contributed by atoms with E-state index >= 15 is 0 Å². The average molecular weight is 277 g/mol. The van der Waals surface area contributed by atoms with Crippen LogP contribution in [0.1, 0.15) is 5.56 Å². The number of nitrogens with zero attached hydrogens (tertiary/aromatic N) is 1. The first-order chi connectivity index (χ1) is 8.66. The predicted octanol–water partition coefficient (Wildman–Crippen LogP) is 4.85. The SMILES string of the molecule is Cc1ccccc1-c1nc2c(Cl)ccc(Cl)c2[nH]1. The predicted molar refractivity (Wildman–Crippen MR) is 76.3 cm³/mol. The van der Waals surface area contributed by atoms with E-state index in [1.807, 2.05) is 31.2 Å². The summed E-state index contributed by atoms with van der Waals surface area (Å²) in [5, 5.41) is 1.23. The van der Waals surface area contributed by atoms with Crippen molar-refractivity contribution in [1.82, 2.24) is 9.97 Å². The van der Waals surface area contributed by atoms with Gasteiger partial charge >= 0.3 is 0 Å². The number of rotatable bonds is 1. The van der Waals surface area contributed by atoms with Crippen LogP contribution in [0.15, 0.2) is 36.4 Å². The molecular weight excluding hydrogens is 267 g/mol. The van der Waals surface area contributed by atoms with E-state index in [1.54, 1.807) is 12.1 Å². The van der Waals surface area contributed by atoms with Gasteiger partial charge in [-0.1, -0.05) is 47.5 Å². The molecule has 0 saturated carbocycles. The van der Waals surface area contributed by atoms with E-state index in [4.69, 9.17) is 23.2 Å². The third-order valence-corrected chi connectivity index (χ3v) is 3.57. The lowest BCUT2D eigenvalue weighted by Crippen LogP contribution is -1.83. The molecule has 0 spiro atoms. The number of H-pyrrole nitrogens is 1. The number of benzene rings is 2. The second-order valence-corrected chi connectivity index (χ2v) is 4.97. The van der Waals surface area contributed by atoms with E-state index in [0.717, 1.165) is 22.5 Å². The smallest absolute Gasteiger partial charge is 0.138 e. The van der Waals surface area contributed by atoms with Crippen LogP contribution in [-0.2, 0) is 0 Å². The normalized spacial score (nSPS) is 11.1. The van der Waals surface area contributed by atoms with E-state index in [1.165, 1.54) is 0 Å². The van der Waals surface area contributed by atoms with Crippen molar-refractivity contribution >= 4 is 34.2 Å². The van der Waals surface area contributed by atoms with Crippen LogP contribution >= 0.6 is 23.2 Å². The molecule has 0 atom stereocenters.